The highest BCUT2D eigenvalue weighted by Gasteiger charge is 2.09. The maximum Gasteiger partial charge on any atom is 0.132 e. The first-order chi connectivity index (χ1) is 7.49. The standard InChI is InChI=1S/C11H12BrN3O/c1-6-3-7(4-8(12)11(6)16)9-5-10(13)15(2)14-9/h3-5,16H,13H2,1-2H3. The number of phenolic OH excluding ortho intramolecular Hbond substituents is 1. The number of hydrogen-bond donors (Lipinski definition) is 2. The monoisotopic (exact) mass is 281 g/mol. The molecule has 0 radical (unpaired) electrons. The van der Waals surface area contributed by atoms with Gasteiger partial charge < -0.3 is 10.8 Å². The van der Waals surface area contributed by atoms with Crippen LogP contribution in [-0.4, -0.2) is 14.9 Å². The molecule has 1 aromatic carbocycles. The van der Waals surface area contributed by atoms with E-state index in [2.05, 4.69) is 21.0 Å². The van der Waals surface area contributed by atoms with Gasteiger partial charge in [0.15, 0.2) is 0 Å². The number of anilines is 1. The second-order valence-electron chi connectivity index (χ2n) is 3.70. The Kier molecular flexibility index (Phi) is 2.63. The molecule has 2 aromatic rings. The Hall–Kier alpha value is -1.49. The van der Waals surface area contributed by atoms with Crippen molar-refractivity contribution in [3.05, 3.63) is 28.2 Å². The number of rotatable bonds is 1. The van der Waals surface area contributed by atoms with Crippen LogP contribution >= 0.6 is 15.9 Å². The number of phenols is 1. The van der Waals surface area contributed by atoms with Crippen LogP contribution in [-0.2, 0) is 7.05 Å². The van der Waals surface area contributed by atoms with Crippen molar-refractivity contribution in [1.29, 1.82) is 0 Å². The predicted molar refractivity (Wildman–Crippen MR) is 67.2 cm³/mol. The van der Waals surface area contributed by atoms with Gasteiger partial charge in [-0.1, -0.05) is 0 Å². The molecule has 0 spiro atoms. The third kappa shape index (κ3) is 1.78. The van der Waals surface area contributed by atoms with E-state index >= 15 is 0 Å². The topological polar surface area (TPSA) is 64.1 Å². The molecule has 2 rings (SSSR count). The Labute approximate surface area is 102 Å². The number of aromatic hydroxyl groups is 1. The molecule has 0 aliphatic rings. The molecule has 0 saturated heterocycles. The van der Waals surface area contributed by atoms with Gasteiger partial charge in [-0.05, 0) is 40.5 Å². The Balaban J connectivity index is 2.56. The lowest BCUT2D eigenvalue weighted by Gasteiger charge is -2.04. The molecule has 84 valence electrons. The summed E-state index contributed by atoms with van der Waals surface area (Å²) in [7, 11) is 1.79. The first kappa shape index (κ1) is 11.0. The van der Waals surface area contributed by atoms with E-state index in [0.717, 1.165) is 16.8 Å². The molecule has 0 aliphatic heterocycles. The van der Waals surface area contributed by atoms with Crippen molar-refractivity contribution >= 4 is 21.7 Å². The minimum atomic E-state index is 0.257. The first-order valence-electron chi connectivity index (χ1n) is 4.78. The fourth-order valence-electron chi connectivity index (χ4n) is 1.51. The number of nitrogen functional groups attached to an aromatic ring is 1. The summed E-state index contributed by atoms with van der Waals surface area (Å²) in [5, 5.41) is 13.9. The molecule has 1 aromatic heterocycles. The molecule has 1 heterocycles. The van der Waals surface area contributed by atoms with Gasteiger partial charge in [-0.15, -0.1) is 0 Å². The summed E-state index contributed by atoms with van der Waals surface area (Å²) in [5.74, 6) is 0.865. The summed E-state index contributed by atoms with van der Waals surface area (Å²) in [4.78, 5) is 0. The molecule has 0 saturated carbocycles. The van der Waals surface area contributed by atoms with Crippen LogP contribution in [0.1, 0.15) is 5.56 Å². The van der Waals surface area contributed by atoms with Crippen LogP contribution < -0.4 is 5.73 Å². The second-order valence-corrected chi connectivity index (χ2v) is 4.56. The van der Waals surface area contributed by atoms with E-state index in [9.17, 15) is 5.11 Å². The summed E-state index contributed by atoms with van der Waals surface area (Å²) < 4.78 is 2.28. The maximum absolute atomic E-state index is 9.64. The highest BCUT2D eigenvalue weighted by molar-refractivity contribution is 9.10. The molecule has 4 nitrogen and oxygen atoms in total. The van der Waals surface area contributed by atoms with Crippen molar-refractivity contribution in [3.8, 4) is 17.0 Å². The van der Waals surface area contributed by atoms with E-state index in [1.165, 1.54) is 0 Å². The molecule has 3 N–H and O–H groups in total. The molecule has 0 aliphatic carbocycles. The van der Waals surface area contributed by atoms with Crippen LogP contribution in [0.25, 0.3) is 11.3 Å². The lowest BCUT2D eigenvalue weighted by Crippen LogP contribution is -1.96. The van der Waals surface area contributed by atoms with Crippen molar-refractivity contribution in [2.75, 3.05) is 5.73 Å². The average Bonchev–Trinajstić information content (AvgIpc) is 2.55. The summed E-state index contributed by atoms with van der Waals surface area (Å²) in [5.41, 5.74) is 8.24. The number of aromatic nitrogens is 2. The Bertz CT molecular complexity index is 506. The zero-order valence-corrected chi connectivity index (χ0v) is 10.6. The summed E-state index contributed by atoms with van der Waals surface area (Å²) in [6.45, 7) is 1.84. The molecule has 0 fully saturated rings. The SMILES string of the molecule is Cc1cc(-c2cc(N)n(C)n2)cc(Br)c1O. The van der Waals surface area contributed by atoms with Crippen molar-refractivity contribution in [3.63, 3.8) is 0 Å². The van der Waals surface area contributed by atoms with Gasteiger partial charge in [-0.25, -0.2) is 0 Å². The molecule has 0 bridgehead atoms. The van der Waals surface area contributed by atoms with E-state index in [-0.39, 0.29) is 5.75 Å². The average molecular weight is 282 g/mol. The van der Waals surface area contributed by atoms with Crippen LogP contribution in [0, 0.1) is 6.92 Å². The quantitative estimate of drug-likeness (QED) is 0.844. The van der Waals surface area contributed by atoms with Crippen molar-refractivity contribution in [2.45, 2.75) is 6.92 Å². The van der Waals surface area contributed by atoms with Gasteiger partial charge in [0.2, 0.25) is 0 Å². The molecular formula is C11H12BrN3O. The number of hydrogen-bond acceptors (Lipinski definition) is 3. The van der Waals surface area contributed by atoms with Gasteiger partial charge in [0.1, 0.15) is 11.6 Å². The summed E-state index contributed by atoms with van der Waals surface area (Å²) >= 11 is 3.30. The van der Waals surface area contributed by atoms with Crippen LogP contribution in [0.4, 0.5) is 5.82 Å². The van der Waals surface area contributed by atoms with Crippen molar-refractivity contribution < 1.29 is 5.11 Å². The Morgan fingerprint density at radius 2 is 2.06 bits per heavy atom. The predicted octanol–water partition coefficient (Wildman–Crippen LogP) is 2.45. The van der Waals surface area contributed by atoms with Crippen LogP contribution in [0.15, 0.2) is 22.7 Å². The number of aryl methyl sites for hydroxylation is 2. The van der Waals surface area contributed by atoms with Crippen molar-refractivity contribution in [1.82, 2.24) is 9.78 Å². The Morgan fingerprint density at radius 1 is 1.38 bits per heavy atom. The van der Waals surface area contributed by atoms with E-state index < -0.39 is 0 Å². The number of benzene rings is 1. The second kappa shape index (κ2) is 3.83. The van der Waals surface area contributed by atoms with Gasteiger partial charge in [-0.3, -0.25) is 4.68 Å². The number of halogens is 1. The molecule has 16 heavy (non-hydrogen) atoms. The van der Waals surface area contributed by atoms with Gasteiger partial charge in [-0.2, -0.15) is 5.10 Å². The van der Waals surface area contributed by atoms with Gasteiger partial charge in [0.05, 0.1) is 10.2 Å². The fraction of sp³-hybridized carbons (Fsp3) is 0.182. The Morgan fingerprint density at radius 3 is 2.56 bits per heavy atom. The van der Waals surface area contributed by atoms with Gasteiger partial charge >= 0.3 is 0 Å². The van der Waals surface area contributed by atoms with E-state index in [1.807, 2.05) is 19.1 Å². The van der Waals surface area contributed by atoms with Crippen LogP contribution in [0.3, 0.4) is 0 Å². The molecule has 0 unspecified atom stereocenters. The van der Waals surface area contributed by atoms with E-state index in [0.29, 0.717) is 10.3 Å². The van der Waals surface area contributed by atoms with Crippen LogP contribution in [0.2, 0.25) is 0 Å². The lowest BCUT2D eigenvalue weighted by atomic mass is 10.1. The largest absolute Gasteiger partial charge is 0.506 e. The molecular weight excluding hydrogens is 270 g/mol. The van der Waals surface area contributed by atoms with E-state index in [1.54, 1.807) is 17.8 Å². The molecule has 5 heteroatoms. The zero-order chi connectivity index (χ0) is 11.9. The normalized spacial score (nSPS) is 10.7. The van der Waals surface area contributed by atoms with Crippen molar-refractivity contribution in [2.24, 2.45) is 7.05 Å². The fourth-order valence-corrected chi connectivity index (χ4v) is 2.07. The number of nitrogens with two attached hydrogens (primary N) is 1. The van der Waals surface area contributed by atoms with Crippen LogP contribution in [0.5, 0.6) is 5.75 Å². The van der Waals surface area contributed by atoms with E-state index in [4.69, 9.17) is 5.73 Å². The third-order valence-corrected chi connectivity index (χ3v) is 3.07. The highest BCUT2D eigenvalue weighted by Crippen LogP contribution is 2.33. The minimum absolute atomic E-state index is 0.257. The smallest absolute Gasteiger partial charge is 0.132 e. The summed E-state index contributed by atoms with van der Waals surface area (Å²) in [6, 6.07) is 5.50. The van der Waals surface area contributed by atoms with Gasteiger partial charge in [0, 0.05) is 18.7 Å². The minimum Gasteiger partial charge on any atom is -0.506 e. The summed E-state index contributed by atoms with van der Waals surface area (Å²) in [6.07, 6.45) is 0. The molecule has 0 atom stereocenters. The third-order valence-electron chi connectivity index (χ3n) is 2.47. The maximum atomic E-state index is 9.64. The van der Waals surface area contributed by atoms with Gasteiger partial charge in [0.25, 0.3) is 0 Å². The molecule has 0 amide bonds. The highest BCUT2D eigenvalue weighted by atomic mass is 79.9. The zero-order valence-electron chi connectivity index (χ0n) is 9.03. The number of nitrogens with zero attached hydrogens (tertiary/aromatic N) is 2. The first-order valence-corrected chi connectivity index (χ1v) is 5.57. The lowest BCUT2D eigenvalue weighted by molar-refractivity contribution is 0.468.